The zero-order chi connectivity index (χ0) is 16.5. The Morgan fingerprint density at radius 2 is 1.79 bits per heavy atom. The molecule has 1 saturated carbocycles. The van der Waals surface area contributed by atoms with Crippen LogP contribution in [0.2, 0.25) is 5.02 Å². The summed E-state index contributed by atoms with van der Waals surface area (Å²) in [5.41, 5.74) is 2.20. The summed E-state index contributed by atoms with van der Waals surface area (Å²) in [4.78, 5) is 12.2. The standard InChI is InChI=1S/C17H14ClN5O/c18-13-5-1-12(2-6-13)17(24)19-14-7-3-11(4-8-14)16-20-21-22-23(16)15-9-10-15/h1-8,15H,9-10H2,(H,19,24). The lowest BCUT2D eigenvalue weighted by molar-refractivity contribution is 0.102. The number of benzene rings is 2. The topological polar surface area (TPSA) is 72.7 Å². The molecule has 24 heavy (non-hydrogen) atoms. The van der Waals surface area contributed by atoms with E-state index in [9.17, 15) is 4.79 Å². The van der Waals surface area contributed by atoms with Gasteiger partial charge in [0.15, 0.2) is 5.82 Å². The predicted octanol–water partition coefficient (Wildman–Crippen LogP) is 3.58. The van der Waals surface area contributed by atoms with Crippen molar-refractivity contribution in [2.45, 2.75) is 18.9 Å². The van der Waals surface area contributed by atoms with E-state index in [-0.39, 0.29) is 5.91 Å². The molecule has 1 aliphatic carbocycles. The summed E-state index contributed by atoms with van der Waals surface area (Å²) in [6.45, 7) is 0. The summed E-state index contributed by atoms with van der Waals surface area (Å²) < 4.78 is 1.86. The van der Waals surface area contributed by atoms with Gasteiger partial charge >= 0.3 is 0 Å². The molecular formula is C17H14ClN5O. The van der Waals surface area contributed by atoms with Gasteiger partial charge in [0.05, 0.1) is 6.04 Å². The van der Waals surface area contributed by atoms with Gasteiger partial charge in [-0.25, -0.2) is 4.68 Å². The molecule has 3 aromatic rings. The fourth-order valence-electron chi connectivity index (χ4n) is 2.46. The molecule has 1 aliphatic rings. The Bertz CT molecular complexity index is 869. The van der Waals surface area contributed by atoms with Crippen molar-refractivity contribution in [2.24, 2.45) is 0 Å². The van der Waals surface area contributed by atoms with E-state index in [1.54, 1.807) is 24.3 Å². The molecule has 1 amide bonds. The second-order valence-electron chi connectivity index (χ2n) is 5.72. The lowest BCUT2D eigenvalue weighted by Crippen LogP contribution is -2.11. The van der Waals surface area contributed by atoms with Crippen molar-refractivity contribution in [3.63, 3.8) is 0 Å². The third-order valence-electron chi connectivity index (χ3n) is 3.89. The van der Waals surface area contributed by atoms with Crippen LogP contribution in [0.5, 0.6) is 0 Å². The summed E-state index contributed by atoms with van der Waals surface area (Å²) >= 11 is 5.83. The molecule has 4 rings (SSSR count). The van der Waals surface area contributed by atoms with Crippen LogP contribution in [0.25, 0.3) is 11.4 Å². The van der Waals surface area contributed by atoms with E-state index in [1.807, 2.05) is 28.9 Å². The second-order valence-corrected chi connectivity index (χ2v) is 6.15. The maximum absolute atomic E-state index is 12.2. The average molecular weight is 340 g/mol. The highest BCUT2D eigenvalue weighted by atomic mass is 35.5. The van der Waals surface area contributed by atoms with Crippen LogP contribution >= 0.6 is 11.6 Å². The molecule has 0 aliphatic heterocycles. The van der Waals surface area contributed by atoms with Gasteiger partial charge in [0.25, 0.3) is 5.91 Å². The first-order valence-electron chi connectivity index (χ1n) is 7.66. The Morgan fingerprint density at radius 3 is 2.46 bits per heavy atom. The molecule has 0 bridgehead atoms. The number of hydrogen-bond acceptors (Lipinski definition) is 4. The van der Waals surface area contributed by atoms with Crippen molar-refractivity contribution in [1.29, 1.82) is 0 Å². The van der Waals surface area contributed by atoms with Gasteiger partial charge in [0.1, 0.15) is 0 Å². The first kappa shape index (κ1) is 14.8. The van der Waals surface area contributed by atoms with E-state index in [0.29, 0.717) is 22.3 Å². The molecule has 0 unspecified atom stereocenters. The number of tetrazole rings is 1. The monoisotopic (exact) mass is 339 g/mol. The fourth-order valence-corrected chi connectivity index (χ4v) is 2.58. The summed E-state index contributed by atoms with van der Waals surface area (Å²) in [7, 11) is 0. The van der Waals surface area contributed by atoms with Crippen molar-refractivity contribution in [1.82, 2.24) is 20.2 Å². The van der Waals surface area contributed by atoms with Crippen molar-refractivity contribution < 1.29 is 4.79 Å². The van der Waals surface area contributed by atoms with Gasteiger partial charge in [-0.2, -0.15) is 0 Å². The number of amides is 1. The lowest BCUT2D eigenvalue weighted by Gasteiger charge is -2.07. The summed E-state index contributed by atoms with van der Waals surface area (Å²) in [6.07, 6.45) is 2.24. The lowest BCUT2D eigenvalue weighted by atomic mass is 10.1. The van der Waals surface area contributed by atoms with Crippen LogP contribution in [0, 0.1) is 0 Å². The van der Waals surface area contributed by atoms with Crippen LogP contribution < -0.4 is 5.32 Å². The SMILES string of the molecule is O=C(Nc1ccc(-c2nnnn2C2CC2)cc1)c1ccc(Cl)cc1. The smallest absolute Gasteiger partial charge is 0.255 e. The van der Waals surface area contributed by atoms with Gasteiger partial charge in [-0.15, -0.1) is 5.10 Å². The van der Waals surface area contributed by atoms with Gasteiger partial charge in [0, 0.05) is 21.8 Å². The average Bonchev–Trinajstić information content (AvgIpc) is 3.33. The molecule has 0 atom stereocenters. The Morgan fingerprint density at radius 1 is 1.08 bits per heavy atom. The number of anilines is 1. The zero-order valence-electron chi connectivity index (χ0n) is 12.7. The molecule has 0 saturated heterocycles. The minimum Gasteiger partial charge on any atom is -0.322 e. The Hall–Kier alpha value is -2.73. The highest BCUT2D eigenvalue weighted by Crippen LogP contribution is 2.36. The molecule has 1 N–H and O–H groups in total. The molecule has 0 radical (unpaired) electrons. The maximum atomic E-state index is 12.2. The fraction of sp³-hybridized carbons (Fsp3) is 0.176. The van der Waals surface area contributed by atoms with Crippen molar-refractivity contribution >= 4 is 23.2 Å². The van der Waals surface area contributed by atoms with Gasteiger partial charge in [-0.05, 0) is 71.8 Å². The van der Waals surface area contributed by atoms with Gasteiger partial charge in [0.2, 0.25) is 0 Å². The number of rotatable bonds is 4. The summed E-state index contributed by atoms with van der Waals surface area (Å²) in [5, 5.41) is 15.4. The van der Waals surface area contributed by atoms with E-state index < -0.39 is 0 Å². The molecule has 0 spiro atoms. The highest BCUT2D eigenvalue weighted by molar-refractivity contribution is 6.30. The molecule has 7 heteroatoms. The number of carbonyl (C=O) groups is 1. The molecule has 2 aromatic carbocycles. The zero-order valence-corrected chi connectivity index (χ0v) is 13.4. The largest absolute Gasteiger partial charge is 0.322 e. The molecule has 6 nitrogen and oxygen atoms in total. The predicted molar refractivity (Wildman–Crippen MR) is 90.9 cm³/mol. The number of nitrogens with zero attached hydrogens (tertiary/aromatic N) is 4. The van der Waals surface area contributed by atoms with E-state index in [0.717, 1.165) is 24.2 Å². The molecule has 1 fully saturated rings. The molecular weight excluding hydrogens is 326 g/mol. The van der Waals surface area contributed by atoms with Crippen molar-refractivity contribution in [3.8, 4) is 11.4 Å². The highest BCUT2D eigenvalue weighted by Gasteiger charge is 2.28. The molecule has 1 aromatic heterocycles. The third-order valence-corrected chi connectivity index (χ3v) is 4.14. The van der Waals surface area contributed by atoms with Crippen molar-refractivity contribution in [2.75, 3.05) is 5.32 Å². The van der Waals surface area contributed by atoms with E-state index >= 15 is 0 Å². The van der Waals surface area contributed by atoms with Gasteiger partial charge < -0.3 is 5.32 Å². The minimum atomic E-state index is -0.178. The first-order valence-corrected chi connectivity index (χ1v) is 8.04. The Kier molecular flexibility index (Phi) is 3.74. The second kappa shape index (κ2) is 6.05. The van der Waals surface area contributed by atoms with Crippen LogP contribution in [0.3, 0.4) is 0 Å². The summed E-state index contributed by atoms with van der Waals surface area (Å²) in [6, 6.07) is 14.7. The van der Waals surface area contributed by atoms with Crippen LogP contribution in [0.1, 0.15) is 29.2 Å². The third kappa shape index (κ3) is 3.00. The van der Waals surface area contributed by atoms with Gasteiger partial charge in [-0.1, -0.05) is 11.6 Å². The molecule has 120 valence electrons. The number of hydrogen-bond donors (Lipinski definition) is 1. The van der Waals surface area contributed by atoms with Crippen molar-refractivity contribution in [3.05, 3.63) is 59.1 Å². The van der Waals surface area contributed by atoms with E-state index in [2.05, 4.69) is 20.8 Å². The quantitative estimate of drug-likeness (QED) is 0.788. The van der Waals surface area contributed by atoms with Crippen LogP contribution in [-0.2, 0) is 0 Å². The number of nitrogens with one attached hydrogen (secondary N) is 1. The maximum Gasteiger partial charge on any atom is 0.255 e. The normalized spacial score (nSPS) is 13.7. The van der Waals surface area contributed by atoms with E-state index in [4.69, 9.17) is 11.6 Å². The van der Waals surface area contributed by atoms with E-state index in [1.165, 1.54) is 0 Å². The summed E-state index contributed by atoms with van der Waals surface area (Å²) in [5.74, 6) is 0.579. The van der Waals surface area contributed by atoms with Crippen LogP contribution in [0.15, 0.2) is 48.5 Å². The first-order chi connectivity index (χ1) is 11.7. The Labute approximate surface area is 143 Å². The van der Waals surface area contributed by atoms with Crippen LogP contribution in [0.4, 0.5) is 5.69 Å². The number of carbonyl (C=O) groups excluding carboxylic acids is 1. The number of halogens is 1. The Balaban J connectivity index is 1.50. The van der Waals surface area contributed by atoms with Gasteiger partial charge in [-0.3, -0.25) is 4.79 Å². The van der Waals surface area contributed by atoms with Crippen LogP contribution in [-0.4, -0.2) is 26.1 Å². The number of aromatic nitrogens is 4. The minimum absolute atomic E-state index is 0.178. The molecule has 1 heterocycles.